The van der Waals surface area contributed by atoms with Crippen molar-refractivity contribution < 1.29 is 4.79 Å². The van der Waals surface area contributed by atoms with Crippen LogP contribution >= 0.6 is 0 Å². The number of hydrogen-bond donors (Lipinski definition) is 0. The Labute approximate surface area is 78.2 Å². The molecule has 13 heavy (non-hydrogen) atoms. The summed E-state index contributed by atoms with van der Waals surface area (Å²) in [7, 11) is 4.01. The number of nitrogens with zero attached hydrogens (tertiary/aromatic N) is 3. The van der Waals surface area contributed by atoms with Gasteiger partial charge in [0.25, 0.3) is 0 Å². The van der Waals surface area contributed by atoms with E-state index >= 15 is 0 Å². The van der Waals surface area contributed by atoms with Gasteiger partial charge in [0, 0.05) is 20.0 Å². The molecule has 0 atom stereocenters. The Morgan fingerprint density at radius 1 is 1.62 bits per heavy atom. The predicted molar refractivity (Wildman–Crippen MR) is 50.8 cm³/mol. The van der Waals surface area contributed by atoms with Crippen LogP contribution in [0.15, 0.2) is 12.5 Å². The highest BCUT2D eigenvalue weighted by atomic mass is 16.1. The summed E-state index contributed by atoms with van der Waals surface area (Å²) in [6.45, 7) is 3.28. The molecule has 0 amide bonds. The van der Waals surface area contributed by atoms with Gasteiger partial charge in [0.2, 0.25) is 0 Å². The molecule has 0 bridgehead atoms. The van der Waals surface area contributed by atoms with Gasteiger partial charge >= 0.3 is 0 Å². The predicted octanol–water partition coefficient (Wildman–Crippen LogP) is 0.647. The van der Waals surface area contributed by atoms with Crippen LogP contribution in [0.4, 0.5) is 0 Å². The van der Waals surface area contributed by atoms with Crippen LogP contribution in [0.2, 0.25) is 0 Å². The summed E-state index contributed by atoms with van der Waals surface area (Å²) in [5, 5.41) is 0. The molecule has 0 saturated carbocycles. The van der Waals surface area contributed by atoms with Crippen molar-refractivity contribution in [1.82, 2.24) is 14.5 Å². The second kappa shape index (κ2) is 4.18. The second-order valence-corrected chi connectivity index (χ2v) is 3.33. The van der Waals surface area contributed by atoms with E-state index in [-0.39, 0.29) is 5.78 Å². The summed E-state index contributed by atoms with van der Waals surface area (Å²) >= 11 is 0. The van der Waals surface area contributed by atoms with E-state index in [0.29, 0.717) is 5.69 Å². The maximum atomic E-state index is 11.1. The molecule has 0 radical (unpaired) electrons. The Bertz CT molecular complexity index is 291. The Kier molecular flexibility index (Phi) is 3.19. The average molecular weight is 181 g/mol. The number of ketones is 1. The molecule has 0 saturated heterocycles. The minimum Gasteiger partial charge on any atom is -0.327 e. The lowest BCUT2D eigenvalue weighted by atomic mass is 10.3. The van der Waals surface area contributed by atoms with Gasteiger partial charge in [-0.25, -0.2) is 4.98 Å². The number of rotatable bonds is 4. The normalized spacial score (nSPS) is 10.8. The smallest absolute Gasteiger partial charge is 0.177 e. The van der Waals surface area contributed by atoms with Gasteiger partial charge in [-0.3, -0.25) is 4.79 Å². The van der Waals surface area contributed by atoms with E-state index in [1.54, 1.807) is 19.4 Å². The highest BCUT2D eigenvalue weighted by Gasteiger charge is 2.05. The largest absolute Gasteiger partial charge is 0.327 e. The quantitative estimate of drug-likeness (QED) is 0.640. The Balaban J connectivity index is 2.65. The fraction of sp³-hybridized carbons (Fsp3) is 0.556. The average Bonchev–Trinajstić information content (AvgIpc) is 2.47. The Morgan fingerprint density at radius 3 is 2.85 bits per heavy atom. The molecule has 0 aromatic carbocycles. The number of carbonyl (C=O) groups is 1. The summed E-state index contributed by atoms with van der Waals surface area (Å²) in [4.78, 5) is 17.1. The molecule has 0 fully saturated rings. The lowest BCUT2D eigenvalue weighted by Gasteiger charge is -2.10. The Hall–Kier alpha value is -1.16. The van der Waals surface area contributed by atoms with Crippen molar-refractivity contribution in [3.8, 4) is 0 Å². The highest BCUT2D eigenvalue weighted by Crippen LogP contribution is 2.00. The minimum atomic E-state index is 0.0660. The first-order chi connectivity index (χ1) is 6.11. The summed E-state index contributed by atoms with van der Waals surface area (Å²) in [6, 6.07) is 0. The van der Waals surface area contributed by atoms with Crippen molar-refractivity contribution in [2.24, 2.45) is 0 Å². The fourth-order valence-corrected chi connectivity index (χ4v) is 1.10. The summed E-state index contributed by atoms with van der Waals surface area (Å²) in [6.07, 6.45) is 3.30. The number of carbonyl (C=O) groups excluding carboxylic acids is 1. The van der Waals surface area contributed by atoms with Crippen molar-refractivity contribution in [1.29, 1.82) is 0 Å². The van der Waals surface area contributed by atoms with Crippen LogP contribution in [0.3, 0.4) is 0 Å². The molecule has 0 spiro atoms. The summed E-state index contributed by atoms with van der Waals surface area (Å²) in [5.41, 5.74) is 0.682. The van der Waals surface area contributed by atoms with Gasteiger partial charge in [0.05, 0.1) is 12.5 Å². The van der Waals surface area contributed by atoms with Crippen molar-refractivity contribution in [2.75, 3.05) is 20.6 Å². The monoisotopic (exact) mass is 181 g/mol. The van der Waals surface area contributed by atoms with Gasteiger partial charge in [-0.1, -0.05) is 0 Å². The van der Waals surface area contributed by atoms with E-state index in [0.717, 1.165) is 13.1 Å². The molecule has 4 heteroatoms. The standard InChI is InChI=1S/C9H15N3O/c1-8(13)9-6-10-7-12(9)5-4-11(2)3/h6-7H,4-5H2,1-3H3. The lowest BCUT2D eigenvalue weighted by Crippen LogP contribution is -2.19. The molecule has 0 unspecified atom stereocenters. The van der Waals surface area contributed by atoms with E-state index in [1.807, 2.05) is 18.7 Å². The van der Waals surface area contributed by atoms with Crippen molar-refractivity contribution in [2.45, 2.75) is 13.5 Å². The molecule has 4 nitrogen and oxygen atoms in total. The van der Waals surface area contributed by atoms with Crippen molar-refractivity contribution in [3.05, 3.63) is 18.2 Å². The van der Waals surface area contributed by atoms with Crippen molar-refractivity contribution >= 4 is 5.78 Å². The molecule has 0 N–H and O–H groups in total. The fourth-order valence-electron chi connectivity index (χ4n) is 1.10. The molecular formula is C9H15N3O. The van der Waals surface area contributed by atoms with E-state index in [2.05, 4.69) is 9.88 Å². The van der Waals surface area contributed by atoms with Gasteiger partial charge in [-0.05, 0) is 14.1 Å². The van der Waals surface area contributed by atoms with Gasteiger partial charge < -0.3 is 9.47 Å². The SMILES string of the molecule is CC(=O)c1cncn1CCN(C)C. The molecule has 72 valence electrons. The third kappa shape index (κ3) is 2.66. The molecule has 0 aliphatic carbocycles. The first-order valence-corrected chi connectivity index (χ1v) is 4.27. The first-order valence-electron chi connectivity index (χ1n) is 4.27. The van der Waals surface area contributed by atoms with Crippen LogP contribution in [0, 0.1) is 0 Å². The molecule has 0 aliphatic rings. The molecule has 1 aromatic heterocycles. The number of Topliss-reactive ketones (excluding diaryl/α,β-unsaturated/α-hetero) is 1. The molecule has 1 heterocycles. The minimum absolute atomic E-state index is 0.0660. The number of imidazole rings is 1. The zero-order chi connectivity index (χ0) is 9.84. The third-order valence-electron chi connectivity index (χ3n) is 1.86. The van der Waals surface area contributed by atoms with Crippen molar-refractivity contribution in [3.63, 3.8) is 0 Å². The topological polar surface area (TPSA) is 38.1 Å². The second-order valence-electron chi connectivity index (χ2n) is 3.33. The van der Waals surface area contributed by atoms with E-state index < -0.39 is 0 Å². The van der Waals surface area contributed by atoms with E-state index in [1.165, 1.54) is 0 Å². The van der Waals surface area contributed by atoms with Gasteiger partial charge in [-0.15, -0.1) is 0 Å². The van der Waals surface area contributed by atoms with Gasteiger partial charge in [0.1, 0.15) is 5.69 Å². The zero-order valence-electron chi connectivity index (χ0n) is 8.32. The van der Waals surface area contributed by atoms with Crippen LogP contribution in [-0.4, -0.2) is 40.9 Å². The van der Waals surface area contributed by atoms with Crippen LogP contribution in [-0.2, 0) is 6.54 Å². The third-order valence-corrected chi connectivity index (χ3v) is 1.86. The number of likely N-dealkylation sites (N-methyl/N-ethyl adjacent to an activating group) is 1. The van der Waals surface area contributed by atoms with Crippen LogP contribution in [0.5, 0.6) is 0 Å². The van der Waals surface area contributed by atoms with E-state index in [4.69, 9.17) is 0 Å². The number of hydrogen-bond acceptors (Lipinski definition) is 3. The lowest BCUT2D eigenvalue weighted by molar-refractivity contribution is 0.100. The molecule has 1 rings (SSSR count). The number of aromatic nitrogens is 2. The molecule has 0 aliphatic heterocycles. The highest BCUT2D eigenvalue weighted by molar-refractivity contribution is 5.92. The van der Waals surface area contributed by atoms with Gasteiger partial charge in [-0.2, -0.15) is 0 Å². The van der Waals surface area contributed by atoms with Crippen LogP contribution in [0.1, 0.15) is 17.4 Å². The first kappa shape index (κ1) is 9.92. The Morgan fingerprint density at radius 2 is 2.31 bits per heavy atom. The van der Waals surface area contributed by atoms with E-state index in [9.17, 15) is 4.79 Å². The zero-order valence-corrected chi connectivity index (χ0v) is 8.32. The maximum absolute atomic E-state index is 11.1. The van der Waals surface area contributed by atoms with Gasteiger partial charge in [0.15, 0.2) is 5.78 Å². The maximum Gasteiger partial charge on any atom is 0.177 e. The van der Waals surface area contributed by atoms with Crippen LogP contribution < -0.4 is 0 Å². The molecular weight excluding hydrogens is 166 g/mol. The van der Waals surface area contributed by atoms with Crippen LogP contribution in [0.25, 0.3) is 0 Å². The molecule has 1 aromatic rings. The summed E-state index contributed by atoms with van der Waals surface area (Å²) < 4.78 is 1.88. The summed E-state index contributed by atoms with van der Waals surface area (Å²) in [5.74, 6) is 0.0660.